The molecule has 0 saturated heterocycles. The maximum absolute atomic E-state index is 11.2. The van der Waals surface area contributed by atoms with Crippen LogP contribution in [0.25, 0.3) is 0 Å². The first kappa shape index (κ1) is 8.95. The van der Waals surface area contributed by atoms with Crippen LogP contribution in [0.1, 0.15) is 32.1 Å². The molecule has 1 unspecified atom stereocenters. The van der Waals surface area contributed by atoms with Crippen LogP contribution in [0, 0.1) is 11.3 Å². The van der Waals surface area contributed by atoms with Crippen LogP contribution in [0.5, 0.6) is 0 Å². The molecule has 13 heavy (non-hydrogen) atoms. The van der Waals surface area contributed by atoms with Gasteiger partial charge in [0.15, 0.2) is 5.78 Å². The summed E-state index contributed by atoms with van der Waals surface area (Å²) in [7, 11) is 0. The molecule has 2 nitrogen and oxygen atoms in total. The topological polar surface area (TPSA) is 37.3 Å². The van der Waals surface area contributed by atoms with Gasteiger partial charge in [0.05, 0.1) is 6.61 Å². The number of carbonyl (C=O) groups excluding carboxylic acids is 1. The van der Waals surface area contributed by atoms with Crippen LogP contribution in [-0.2, 0) is 4.79 Å². The molecule has 2 aliphatic rings. The van der Waals surface area contributed by atoms with Crippen LogP contribution < -0.4 is 0 Å². The first-order valence-electron chi connectivity index (χ1n) is 5.10. The van der Waals surface area contributed by atoms with Gasteiger partial charge in [-0.3, -0.25) is 4.79 Å². The van der Waals surface area contributed by atoms with E-state index in [2.05, 4.69) is 0 Å². The molecule has 1 saturated carbocycles. The van der Waals surface area contributed by atoms with Gasteiger partial charge >= 0.3 is 0 Å². The summed E-state index contributed by atoms with van der Waals surface area (Å²) < 4.78 is 0. The van der Waals surface area contributed by atoms with Gasteiger partial charge in [-0.1, -0.05) is 18.9 Å². The summed E-state index contributed by atoms with van der Waals surface area (Å²) >= 11 is 0. The van der Waals surface area contributed by atoms with E-state index in [9.17, 15) is 9.90 Å². The van der Waals surface area contributed by atoms with Crippen molar-refractivity contribution in [1.29, 1.82) is 0 Å². The zero-order chi connectivity index (χ0) is 9.31. The normalized spacial score (nSPS) is 38.8. The van der Waals surface area contributed by atoms with E-state index in [1.165, 1.54) is 12.8 Å². The summed E-state index contributed by atoms with van der Waals surface area (Å²) in [6, 6.07) is 0. The van der Waals surface area contributed by atoms with Crippen molar-refractivity contribution in [3.05, 3.63) is 12.2 Å². The Bertz CT molecular complexity index is 244. The lowest BCUT2D eigenvalue weighted by molar-refractivity contribution is -0.118. The number of ketones is 1. The van der Waals surface area contributed by atoms with E-state index in [0.717, 1.165) is 12.8 Å². The average Bonchev–Trinajstić information content (AvgIpc) is 2.18. The van der Waals surface area contributed by atoms with E-state index in [1.807, 2.05) is 6.08 Å². The SMILES string of the molecule is O=C1C=C[C@@]2(CO)CCCCC2C1. The van der Waals surface area contributed by atoms with E-state index < -0.39 is 0 Å². The van der Waals surface area contributed by atoms with Crippen molar-refractivity contribution in [1.82, 2.24) is 0 Å². The third kappa shape index (κ3) is 1.44. The second kappa shape index (κ2) is 3.26. The van der Waals surface area contributed by atoms with Crippen molar-refractivity contribution in [2.75, 3.05) is 6.61 Å². The number of allylic oxidation sites excluding steroid dienone is 1. The average molecular weight is 180 g/mol. The molecular formula is C11H16O2. The van der Waals surface area contributed by atoms with Gasteiger partial charge in [0.25, 0.3) is 0 Å². The van der Waals surface area contributed by atoms with Crippen LogP contribution in [0.3, 0.4) is 0 Å². The van der Waals surface area contributed by atoms with Gasteiger partial charge in [-0.25, -0.2) is 0 Å². The van der Waals surface area contributed by atoms with Crippen molar-refractivity contribution < 1.29 is 9.90 Å². The Kier molecular flexibility index (Phi) is 2.24. The maximum atomic E-state index is 11.2. The van der Waals surface area contributed by atoms with Crippen molar-refractivity contribution in [2.45, 2.75) is 32.1 Å². The number of hydrogen-bond acceptors (Lipinski definition) is 2. The third-order valence-corrected chi connectivity index (χ3v) is 3.60. The molecule has 0 amide bonds. The van der Waals surface area contributed by atoms with Gasteiger partial charge in [-0.05, 0) is 24.8 Å². The molecule has 0 radical (unpaired) electrons. The second-order valence-electron chi connectivity index (χ2n) is 4.34. The van der Waals surface area contributed by atoms with Crippen LogP contribution in [0.15, 0.2) is 12.2 Å². The highest BCUT2D eigenvalue weighted by molar-refractivity contribution is 5.91. The largest absolute Gasteiger partial charge is 0.395 e. The van der Waals surface area contributed by atoms with Crippen LogP contribution in [-0.4, -0.2) is 17.5 Å². The fraction of sp³-hybridized carbons (Fsp3) is 0.727. The summed E-state index contributed by atoms with van der Waals surface area (Å²) in [5.41, 5.74) is -0.0494. The summed E-state index contributed by atoms with van der Waals surface area (Å²) in [5, 5.41) is 9.40. The summed E-state index contributed by atoms with van der Waals surface area (Å²) in [6.07, 6.45) is 8.84. The smallest absolute Gasteiger partial charge is 0.155 e. The zero-order valence-electron chi connectivity index (χ0n) is 7.83. The summed E-state index contributed by atoms with van der Waals surface area (Å²) in [6.45, 7) is 0.210. The van der Waals surface area contributed by atoms with Gasteiger partial charge in [-0.15, -0.1) is 0 Å². The van der Waals surface area contributed by atoms with Crippen LogP contribution in [0.2, 0.25) is 0 Å². The lowest BCUT2D eigenvalue weighted by Gasteiger charge is -2.42. The zero-order valence-corrected chi connectivity index (χ0v) is 7.83. The molecule has 2 rings (SSSR count). The molecule has 72 valence electrons. The molecule has 2 heteroatoms. The maximum Gasteiger partial charge on any atom is 0.155 e. The standard InChI is InChI=1S/C11H16O2/c12-8-11-5-2-1-3-9(11)7-10(13)4-6-11/h4,6,9,12H,1-3,5,7-8H2/t9?,11-/m1/s1. The summed E-state index contributed by atoms with van der Waals surface area (Å²) in [5.74, 6) is 0.639. The van der Waals surface area contributed by atoms with Gasteiger partial charge in [0.1, 0.15) is 0 Å². The van der Waals surface area contributed by atoms with Gasteiger partial charge in [-0.2, -0.15) is 0 Å². The molecule has 0 aliphatic heterocycles. The first-order valence-corrected chi connectivity index (χ1v) is 5.10. The number of carbonyl (C=O) groups is 1. The molecule has 0 spiro atoms. The molecule has 0 aromatic rings. The Labute approximate surface area is 78.6 Å². The van der Waals surface area contributed by atoms with Gasteiger partial charge < -0.3 is 5.11 Å². The number of rotatable bonds is 1. The van der Waals surface area contributed by atoms with Crippen molar-refractivity contribution >= 4 is 5.78 Å². The molecular weight excluding hydrogens is 164 g/mol. The van der Waals surface area contributed by atoms with Crippen molar-refractivity contribution in [3.63, 3.8) is 0 Å². The Balaban J connectivity index is 2.26. The molecule has 0 bridgehead atoms. The lowest BCUT2D eigenvalue weighted by Crippen LogP contribution is -2.39. The van der Waals surface area contributed by atoms with E-state index in [0.29, 0.717) is 12.3 Å². The monoisotopic (exact) mass is 180 g/mol. The number of aliphatic hydroxyl groups is 1. The van der Waals surface area contributed by atoms with E-state index in [1.54, 1.807) is 6.08 Å². The predicted octanol–water partition coefficient (Wildman–Crippen LogP) is 1.68. The molecule has 1 N–H and O–H groups in total. The Morgan fingerprint density at radius 2 is 2.38 bits per heavy atom. The first-order chi connectivity index (χ1) is 6.27. The highest BCUT2D eigenvalue weighted by Crippen LogP contribution is 2.46. The fourth-order valence-electron chi connectivity index (χ4n) is 2.69. The molecule has 0 aromatic heterocycles. The number of fused-ring (bicyclic) bond motifs is 1. The number of hydrogen-bond donors (Lipinski definition) is 1. The van der Waals surface area contributed by atoms with E-state index >= 15 is 0 Å². The predicted molar refractivity (Wildman–Crippen MR) is 50.2 cm³/mol. The van der Waals surface area contributed by atoms with Crippen LogP contribution in [0.4, 0.5) is 0 Å². The van der Waals surface area contributed by atoms with Crippen LogP contribution >= 0.6 is 0 Å². The van der Waals surface area contributed by atoms with Crippen molar-refractivity contribution in [2.24, 2.45) is 11.3 Å². The highest BCUT2D eigenvalue weighted by atomic mass is 16.3. The lowest BCUT2D eigenvalue weighted by atomic mass is 9.63. The minimum absolute atomic E-state index is 0.0494. The Morgan fingerprint density at radius 1 is 1.54 bits per heavy atom. The molecule has 0 aromatic carbocycles. The highest BCUT2D eigenvalue weighted by Gasteiger charge is 2.40. The Hall–Kier alpha value is -0.630. The minimum Gasteiger partial charge on any atom is -0.395 e. The van der Waals surface area contributed by atoms with Crippen molar-refractivity contribution in [3.8, 4) is 0 Å². The Morgan fingerprint density at radius 3 is 3.15 bits per heavy atom. The summed E-state index contributed by atoms with van der Waals surface area (Å²) in [4.78, 5) is 11.2. The molecule has 1 fully saturated rings. The molecule has 0 heterocycles. The quantitative estimate of drug-likeness (QED) is 0.666. The van der Waals surface area contributed by atoms with E-state index in [4.69, 9.17) is 0 Å². The second-order valence-corrected chi connectivity index (χ2v) is 4.34. The number of aliphatic hydroxyl groups excluding tert-OH is 1. The van der Waals surface area contributed by atoms with Gasteiger partial charge in [0.2, 0.25) is 0 Å². The fourth-order valence-corrected chi connectivity index (χ4v) is 2.69. The third-order valence-electron chi connectivity index (χ3n) is 3.60. The van der Waals surface area contributed by atoms with E-state index in [-0.39, 0.29) is 17.8 Å². The van der Waals surface area contributed by atoms with Gasteiger partial charge in [0, 0.05) is 11.8 Å². The molecule has 2 atom stereocenters. The molecule has 2 aliphatic carbocycles. The minimum atomic E-state index is -0.0494.